The molecule has 0 saturated carbocycles. The fraction of sp³-hybridized carbons (Fsp3) is 0.0769. The highest BCUT2D eigenvalue weighted by Crippen LogP contribution is 2.27. The van der Waals surface area contributed by atoms with E-state index in [0.29, 0.717) is 5.69 Å². The Morgan fingerprint density at radius 2 is 1.62 bits per heavy atom. The van der Waals surface area contributed by atoms with Crippen LogP contribution in [-0.2, 0) is 0 Å². The van der Waals surface area contributed by atoms with E-state index in [2.05, 4.69) is 12.6 Å². The molecule has 2 nitrogen and oxygen atoms in total. The van der Waals surface area contributed by atoms with Gasteiger partial charge in [-0.05, 0) is 35.4 Å². The van der Waals surface area contributed by atoms with Gasteiger partial charge in [-0.2, -0.15) is 0 Å². The van der Waals surface area contributed by atoms with Crippen LogP contribution in [0.1, 0.15) is 0 Å². The van der Waals surface area contributed by atoms with Gasteiger partial charge in [0.2, 0.25) is 0 Å². The molecule has 0 bridgehead atoms. The topological polar surface area (TPSA) is 35.2 Å². The number of methoxy groups -OCH3 is 1. The summed E-state index contributed by atoms with van der Waals surface area (Å²) >= 11 is 4.31. The summed E-state index contributed by atoms with van der Waals surface area (Å²) < 4.78 is 5.11. The molecule has 2 aromatic carbocycles. The minimum atomic E-state index is 0.695. The second kappa shape index (κ2) is 4.49. The highest BCUT2D eigenvalue weighted by Gasteiger charge is 2.00. The standard InChI is InChI=1S/C13H13NOS/c1-15-11-5-2-9(3-6-11)10-4-7-12(14)13(16)8-10/h2-8,16H,14H2,1H3. The van der Waals surface area contributed by atoms with E-state index in [9.17, 15) is 0 Å². The zero-order valence-electron chi connectivity index (χ0n) is 8.97. The van der Waals surface area contributed by atoms with Crippen molar-refractivity contribution >= 4 is 18.3 Å². The van der Waals surface area contributed by atoms with Crippen molar-refractivity contribution in [1.29, 1.82) is 0 Å². The largest absolute Gasteiger partial charge is 0.497 e. The van der Waals surface area contributed by atoms with Crippen molar-refractivity contribution in [2.75, 3.05) is 12.8 Å². The van der Waals surface area contributed by atoms with Crippen molar-refractivity contribution in [2.45, 2.75) is 4.90 Å². The molecule has 0 aliphatic rings. The second-order valence-electron chi connectivity index (χ2n) is 3.50. The van der Waals surface area contributed by atoms with Crippen LogP contribution < -0.4 is 10.5 Å². The Morgan fingerprint density at radius 1 is 1.00 bits per heavy atom. The van der Waals surface area contributed by atoms with Gasteiger partial charge in [0, 0.05) is 10.6 Å². The van der Waals surface area contributed by atoms with Gasteiger partial charge in [-0.25, -0.2) is 0 Å². The summed E-state index contributed by atoms with van der Waals surface area (Å²) in [6, 6.07) is 13.7. The lowest BCUT2D eigenvalue weighted by molar-refractivity contribution is 0.415. The number of nitrogens with two attached hydrogens (primary N) is 1. The summed E-state index contributed by atoms with van der Waals surface area (Å²) in [6.07, 6.45) is 0. The molecule has 0 unspecified atom stereocenters. The number of rotatable bonds is 2. The van der Waals surface area contributed by atoms with E-state index in [1.165, 1.54) is 0 Å². The average Bonchev–Trinajstić information content (AvgIpc) is 2.33. The summed E-state index contributed by atoms with van der Waals surface area (Å²) in [5.74, 6) is 0.852. The van der Waals surface area contributed by atoms with Crippen LogP contribution in [0.25, 0.3) is 11.1 Å². The van der Waals surface area contributed by atoms with Crippen LogP contribution in [-0.4, -0.2) is 7.11 Å². The molecule has 2 aromatic rings. The average molecular weight is 231 g/mol. The van der Waals surface area contributed by atoms with Crippen molar-refractivity contribution in [3.05, 3.63) is 42.5 Å². The van der Waals surface area contributed by atoms with Crippen LogP contribution in [0.3, 0.4) is 0 Å². The van der Waals surface area contributed by atoms with Gasteiger partial charge in [0.15, 0.2) is 0 Å². The predicted octanol–water partition coefficient (Wildman–Crippen LogP) is 3.23. The van der Waals surface area contributed by atoms with Crippen molar-refractivity contribution in [3.63, 3.8) is 0 Å². The smallest absolute Gasteiger partial charge is 0.118 e. The highest BCUT2D eigenvalue weighted by atomic mass is 32.1. The maximum Gasteiger partial charge on any atom is 0.118 e. The zero-order chi connectivity index (χ0) is 11.5. The Morgan fingerprint density at radius 3 is 2.19 bits per heavy atom. The summed E-state index contributed by atoms with van der Waals surface area (Å²) in [4.78, 5) is 0.799. The lowest BCUT2D eigenvalue weighted by Gasteiger charge is -2.06. The van der Waals surface area contributed by atoms with Gasteiger partial charge in [0.05, 0.1) is 7.11 Å². The first-order valence-electron chi connectivity index (χ1n) is 4.93. The quantitative estimate of drug-likeness (QED) is 0.615. The number of ether oxygens (including phenoxy) is 1. The molecule has 0 atom stereocenters. The number of benzene rings is 2. The molecule has 0 aliphatic heterocycles. The first-order chi connectivity index (χ1) is 7.70. The number of anilines is 1. The summed E-state index contributed by atoms with van der Waals surface area (Å²) in [6.45, 7) is 0. The van der Waals surface area contributed by atoms with Crippen molar-refractivity contribution < 1.29 is 4.74 Å². The summed E-state index contributed by atoms with van der Waals surface area (Å²) in [5, 5.41) is 0. The lowest BCUT2D eigenvalue weighted by Crippen LogP contribution is -1.87. The maximum atomic E-state index is 5.72. The fourth-order valence-electron chi connectivity index (χ4n) is 1.51. The summed E-state index contributed by atoms with van der Waals surface area (Å²) in [5.41, 5.74) is 8.63. The number of hydrogen-bond acceptors (Lipinski definition) is 3. The zero-order valence-corrected chi connectivity index (χ0v) is 9.87. The Bertz CT molecular complexity index is 494. The van der Waals surface area contributed by atoms with E-state index in [1.807, 2.05) is 42.5 Å². The van der Waals surface area contributed by atoms with E-state index >= 15 is 0 Å². The third-order valence-corrected chi connectivity index (χ3v) is 2.84. The Hall–Kier alpha value is -1.61. The van der Waals surface area contributed by atoms with Crippen LogP contribution in [0.4, 0.5) is 5.69 Å². The van der Waals surface area contributed by atoms with Crippen molar-refractivity contribution in [3.8, 4) is 16.9 Å². The minimum absolute atomic E-state index is 0.695. The van der Waals surface area contributed by atoms with Gasteiger partial charge in [-0.1, -0.05) is 18.2 Å². The van der Waals surface area contributed by atoms with Gasteiger partial charge in [-0.3, -0.25) is 0 Å². The minimum Gasteiger partial charge on any atom is -0.497 e. The molecule has 2 N–H and O–H groups in total. The lowest BCUT2D eigenvalue weighted by atomic mass is 10.1. The molecule has 0 heterocycles. The third-order valence-electron chi connectivity index (χ3n) is 2.45. The van der Waals surface area contributed by atoms with Crippen LogP contribution in [0.2, 0.25) is 0 Å². The normalized spacial score (nSPS) is 10.1. The van der Waals surface area contributed by atoms with Crippen molar-refractivity contribution in [2.24, 2.45) is 0 Å². The molecule has 82 valence electrons. The second-order valence-corrected chi connectivity index (χ2v) is 3.98. The monoisotopic (exact) mass is 231 g/mol. The molecule has 0 aliphatic carbocycles. The van der Waals surface area contributed by atoms with Gasteiger partial charge in [0.1, 0.15) is 5.75 Å². The fourth-order valence-corrected chi connectivity index (χ4v) is 1.72. The van der Waals surface area contributed by atoms with E-state index < -0.39 is 0 Å². The highest BCUT2D eigenvalue weighted by molar-refractivity contribution is 7.80. The van der Waals surface area contributed by atoms with Crippen molar-refractivity contribution in [1.82, 2.24) is 0 Å². The molecule has 0 saturated heterocycles. The van der Waals surface area contributed by atoms with Crippen LogP contribution >= 0.6 is 12.6 Å². The molecule has 0 spiro atoms. The third kappa shape index (κ3) is 2.14. The SMILES string of the molecule is COc1ccc(-c2ccc(N)c(S)c2)cc1. The molecule has 0 aromatic heterocycles. The van der Waals surface area contributed by atoms with Crippen LogP contribution in [0.15, 0.2) is 47.4 Å². The number of thiol groups is 1. The molecule has 0 fully saturated rings. The molecule has 0 radical (unpaired) electrons. The van der Waals surface area contributed by atoms with Gasteiger partial charge in [-0.15, -0.1) is 12.6 Å². The van der Waals surface area contributed by atoms with Crippen LogP contribution in [0.5, 0.6) is 5.75 Å². The predicted molar refractivity (Wildman–Crippen MR) is 70.1 cm³/mol. The summed E-state index contributed by atoms with van der Waals surface area (Å²) in [7, 11) is 1.66. The van der Waals surface area contributed by atoms with Crippen LogP contribution in [0, 0.1) is 0 Å². The molecule has 16 heavy (non-hydrogen) atoms. The molecule has 2 rings (SSSR count). The van der Waals surface area contributed by atoms with Gasteiger partial charge < -0.3 is 10.5 Å². The van der Waals surface area contributed by atoms with E-state index in [4.69, 9.17) is 10.5 Å². The number of nitrogen functional groups attached to an aromatic ring is 1. The Balaban J connectivity index is 2.38. The van der Waals surface area contributed by atoms with E-state index in [-0.39, 0.29) is 0 Å². The Kier molecular flexibility index (Phi) is 3.06. The molecular weight excluding hydrogens is 218 g/mol. The van der Waals surface area contributed by atoms with Gasteiger partial charge in [0.25, 0.3) is 0 Å². The first-order valence-corrected chi connectivity index (χ1v) is 5.38. The Labute approximate surface area is 100 Å². The molecule has 3 heteroatoms. The van der Waals surface area contributed by atoms with E-state index in [1.54, 1.807) is 7.11 Å². The maximum absolute atomic E-state index is 5.72. The molecule has 0 amide bonds. The first kappa shape index (κ1) is 10.9. The van der Waals surface area contributed by atoms with E-state index in [0.717, 1.165) is 21.8 Å². The molecular formula is C13H13NOS. The number of hydrogen-bond donors (Lipinski definition) is 2. The van der Waals surface area contributed by atoms with Gasteiger partial charge >= 0.3 is 0 Å².